The van der Waals surface area contributed by atoms with Gasteiger partial charge < -0.3 is 9.15 Å². The van der Waals surface area contributed by atoms with Crippen molar-refractivity contribution in [2.45, 2.75) is 26.9 Å². The lowest BCUT2D eigenvalue weighted by Crippen LogP contribution is -2.30. The summed E-state index contributed by atoms with van der Waals surface area (Å²) in [5.74, 6) is 5.48. The molecular formula is C13H17N3O3S. The lowest BCUT2D eigenvalue weighted by atomic mass is 10.2. The number of aromatic nitrogens is 1. The van der Waals surface area contributed by atoms with E-state index in [1.807, 2.05) is 17.9 Å². The zero-order valence-electron chi connectivity index (χ0n) is 11.4. The molecule has 1 amide bonds. The normalized spacial score (nSPS) is 10.8. The third kappa shape index (κ3) is 3.44. The summed E-state index contributed by atoms with van der Waals surface area (Å²) in [6, 6.07) is 1.78. The fourth-order valence-corrected chi connectivity index (χ4v) is 2.58. The van der Waals surface area contributed by atoms with Gasteiger partial charge in [0.1, 0.15) is 12.4 Å². The van der Waals surface area contributed by atoms with Crippen molar-refractivity contribution < 1.29 is 13.9 Å². The van der Waals surface area contributed by atoms with Gasteiger partial charge in [-0.3, -0.25) is 10.2 Å². The molecule has 2 rings (SSSR count). The van der Waals surface area contributed by atoms with E-state index in [-0.39, 0.29) is 5.76 Å². The van der Waals surface area contributed by atoms with Gasteiger partial charge in [-0.05, 0) is 19.9 Å². The van der Waals surface area contributed by atoms with Gasteiger partial charge >= 0.3 is 5.91 Å². The first-order chi connectivity index (χ1) is 9.61. The number of nitrogens with two attached hydrogens (primary N) is 1. The predicted octanol–water partition coefficient (Wildman–Crippen LogP) is 1.72. The number of amides is 1. The number of nitrogens with one attached hydrogen (secondary N) is 1. The molecule has 0 saturated carbocycles. The highest BCUT2D eigenvalue weighted by atomic mass is 32.1. The topological polar surface area (TPSA) is 90.4 Å². The third-order valence-electron chi connectivity index (χ3n) is 2.87. The minimum Gasteiger partial charge on any atom is -0.453 e. The van der Waals surface area contributed by atoms with Crippen molar-refractivity contribution in [1.82, 2.24) is 10.4 Å². The summed E-state index contributed by atoms with van der Waals surface area (Å²) in [6.07, 6.45) is 0.826. The molecule has 0 radical (unpaired) electrons. The molecule has 0 aliphatic carbocycles. The van der Waals surface area contributed by atoms with E-state index >= 15 is 0 Å². The van der Waals surface area contributed by atoms with E-state index < -0.39 is 5.91 Å². The van der Waals surface area contributed by atoms with Crippen molar-refractivity contribution in [1.29, 1.82) is 0 Å². The van der Waals surface area contributed by atoms with E-state index in [0.717, 1.165) is 17.7 Å². The first kappa shape index (κ1) is 14.7. The van der Waals surface area contributed by atoms with Gasteiger partial charge in [0.25, 0.3) is 0 Å². The molecule has 20 heavy (non-hydrogen) atoms. The highest BCUT2D eigenvalue weighted by Crippen LogP contribution is 2.16. The van der Waals surface area contributed by atoms with Crippen molar-refractivity contribution in [3.8, 4) is 0 Å². The molecule has 0 bridgehead atoms. The maximum Gasteiger partial charge on any atom is 0.301 e. The number of hydrazine groups is 1. The van der Waals surface area contributed by atoms with Crippen LogP contribution in [-0.4, -0.2) is 17.5 Å². The monoisotopic (exact) mass is 295 g/mol. The van der Waals surface area contributed by atoms with Crippen LogP contribution in [0.4, 0.5) is 0 Å². The molecule has 6 nitrogen and oxygen atoms in total. The summed E-state index contributed by atoms with van der Waals surface area (Å²) in [5.41, 5.74) is 5.67. The van der Waals surface area contributed by atoms with E-state index in [9.17, 15) is 4.79 Å². The van der Waals surface area contributed by atoms with Gasteiger partial charge in [0.15, 0.2) is 5.76 Å². The number of hydrogen-bond acceptors (Lipinski definition) is 6. The zero-order chi connectivity index (χ0) is 14.5. The molecule has 108 valence electrons. The number of nitrogen functional groups attached to an aromatic ring is 1. The fraction of sp³-hybridized carbons (Fsp3) is 0.385. The molecule has 0 saturated heterocycles. The molecule has 3 N–H and O–H groups in total. The molecule has 0 spiro atoms. The Morgan fingerprint density at radius 1 is 1.55 bits per heavy atom. The minimum atomic E-state index is -0.436. The van der Waals surface area contributed by atoms with Gasteiger partial charge in [0.2, 0.25) is 0 Å². The Kier molecular flexibility index (Phi) is 4.89. The van der Waals surface area contributed by atoms with Crippen molar-refractivity contribution in [3.63, 3.8) is 0 Å². The summed E-state index contributed by atoms with van der Waals surface area (Å²) in [4.78, 5) is 16.8. The average molecular weight is 295 g/mol. The maximum atomic E-state index is 11.4. The summed E-state index contributed by atoms with van der Waals surface area (Å²) in [6.45, 7) is 4.69. The molecule has 0 atom stereocenters. The van der Waals surface area contributed by atoms with Crippen LogP contribution in [-0.2, 0) is 17.8 Å². The van der Waals surface area contributed by atoms with Crippen LogP contribution >= 0.6 is 11.3 Å². The molecule has 0 fully saturated rings. The Labute approximate surface area is 120 Å². The predicted molar refractivity (Wildman–Crippen MR) is 75.3 cm³/mol. The number of ether oxygens (including phenoxy) is 1. The van der Waals surface area contributed by atoms with Crippen LogP contribution in [0.25, 0.3) is 0 Å². The third-order valence-corrected chi connectivity index (χ3v) is 3.86. The summed E-state index contributed by atoms with van der Waals surface area (Å²) >= 11 is 1.63. The van der Waals surface area contributed by atoms with Crippen molar-refractivity contribution in [3.05, 3.63) is 39.2 Å². The quantitative estimate of drug-likeness (QED) is 0.366. The molecule has 0 unspecified atom stereocenters. The van der Waals surface area contributed by atoms with Gasteiger partial charge in [0.05, 0.1) is 17.8 Å². The van der Waals surface area contributed by atoms with E-state index in [2.05, 4.69) is 4.98 Å². The molecule has 0 aliphatic rings. The molecule has 2 aromatic heterocycles. The molecule has 2 heterocycles. The fourth-order valence-electron chi connectivity index (χ4n) is 1.81. The Morgan fingerprint density at radius 3 is 3.00 bits per heavy atom. The number of carbonyl (C=O) groups excluding carboxylic acids is 1. The smallest absolute Gasteiger partial charge is 0.301 e. The van der Waals surface area contributed by atoms with Crippen LogP contribution in [0.5, 0.6) is 0 Å². The number of thiazole rings is 1. The number of aryl methyl sites for hydroxylation is 2. The maximum absolute atomic E-state index is 11.4. The Bertz CT molecular complexity index is 591. The Balaban J connectivity index is 1.83. The highest BCUT2D eigenvalue weighted by Gasteiger charge is 2.14. The van der Waals surface area contributed by atoms with Gasteiger partial charge in [-0.15, -0.1) is 11.3 Å². The second kappa shape index (κ2) is 6.65. The Morgan fingerprint density at radius 2 is 2.35 bits per heavy atom. The first-order valence-corrected chi connectivity index (χ1v) is 7.06. The minimum absolute atomic E-state index is 0.226. The van der Waals surface area contributed by atoms with Crippen LogP contribution in [0, 0.1) is 13.8 Å². The van der Waals surface area contributed by atoms with E-state index in [0.29, 0.717) is 19.0 Å². The number of furan rings is 1. The lowest BCUT2D eigenvalue weighted by Gasteiger charge is -2.01. The van der Waals surface area contributed by atoms with Gasteiger partial charge in [-0.1, -0.05) is 0 Å². The van der Waals surface area contributed by atoms with Crippen LogP contribution in [0.15, 0.2) is 16.0 Å². The average Bonchev–Trinajstić information content (AvgIpc) is 3.00. The molecular weight excluding hydrogens is 278 g/mol. The lowest BCUT2D eigenvalue weighted by molar-refractivity contribution is 0.0898. The van der Waals surface area contributed by atoms with Crippen molar-refractivity contribution in [2.24, 2.45) is 5.84 Å². The molecule has 0 aromatic carbocycles. The van der Waals surface area contributed by atoms with Gasteiger partial charge in [0, 0.05) is 16.9 Å². The summed E-state index contributed by atoms with van der Waals surface area (Å²) in [7, 11) is 0. The van der Waals surface area contributed by atoms with Gasteiger partial charge in [-0.2, -0.15) is 0 Å². The van der Waals surface area contributed by atoms with E-state index in [1.54, 1.807) is 24.3 Å². The molecule has 7 heteroatoms. The highest BCUT2D eigenvalue weighted by molar-refractivity contribution is 7.09. The SMILES string of the molecule is Cc1cc(COCCc2scnc2C)oc1C(=O)NN. The molecule has 0 aliphatic heterocycles. The standard InChI is InChI=1S/C13H17N3O3S/c1-8-5-10(19-12(8)13(17)16-14)6-18-4-3-11-9(2)15-7-20-11/h5,7H,3-4,6,14H2,1-2H3,(H,16,17). The van der Waals surface area contributed by atoms with Gasteiger partial charge in [-0.25, -0.2) is 10.8 Å². The van der Waals surface area contributed by atoms with Crippen molar-refractivity contribution >= 4 is 17.2 Å². The second-order valence-electron chi connectivity index (χ2n) is 4.36. The van der Waals surface area contributed by atoms with Crippen molar-refractivity contribution in [2.75, 3.05) is 6.61 Å². The summed E-state index contributed by atoms with van der Waals surface area (Å²) in [5, 5.41) is 0. The van der Waals surface area contributed by atoms with Crippen LogP contribution in [0.3, 0.4) is 0 Å². The van der Waals surface area contributed by atoms with Crippen LogP contribution < -0.4 is 11.3 Å². The van der Waals surface area contributed by atoms with E-state index in [4.69, 9.17) is 15.0 Å². The van der Waals surface area contributed by atoms with Crippen LogP contribution in [0.2, 0.25) is 0 Å². The van der Waals surface area contributed by atoms with Crippen LogP contribution in [0.1, 0.15) is 32.4 Å². The number of carbonyl (C=O) groups is 1. The number of nitrogens with zero attached hydrogens (tertiary/aromatic N) is 1. The first-order valence-electron chi connectivity index (χ1n) is 6.18. The summed E-state index contributed by atoms with van der Waals surface area (Å²) < 4.78 is 11.0. The number of hydrogen-bond donors (Lipinski definition) is 2. The molecule has 2 aromatic rings. The zero-order valence-corrected chi connectivity index (χ0v) is 12.3. The second-order valence-corrected chi connectivity index (χ2v) is 5.30. The largest absolute Gasteiger partial charge is 0.453 e. The number of rotatable bonds is 6. The Hall–Kier alpha value is -1.70. The van der Waals surface area contributed by atoms with E-state index in [1.165, 1.54) is 4.88 Å².